The van der Waals surface area contributed by atoms with E-state index in [0.29, 0.717) is 6.42 Å². The number of carbonyl (C=O) groups is 1. The Labute approximate surface area is 107 Å². The molecule has 17 heavy (non-hydrogen) atoms. The van der Waals surface area contributed by atoms with Crippen LogP contribution in [0.15, 0.2) is 24.3 Å². The Morgan fingerprint density at radius 3 is 2.76 bits per heavy atom. The zero-order valence-electron chi connectivity index (χ0n) is 9.87. The lowest BCUT2D eigenvalue weighted by molar-refractivity contribution is -0.119. The van der Waals surface area contributed by atoms with Crippen molar-refractivity contribution in [3.05, 3.63) is 34.9 Å². The maximum absolute atomic E-state index is 11.1. The van der Waals surface area contributed by atoms with E-state index in [1.165, 1.54) is 5.56 Å². The number of hydrogen-bond acceptors (Lipinski definition) is 2. The van der Waals surface area contributed by atoms with Gasteiger partial charge in [0.2, 0.25) is 5.91 Å². The highest BCUT2D eigenvalue weighted by Gasteiger charge is 2.20. The zero-order valence-corrected chi connectivity index (χ0v) is 10.6. The molecule has 4 heteroatoms. The van der Waals surface area contributed by atoms with Crippen LogP contribution in [0.4, 0.5) is 0 Å². The van der Waals surface area contributed by atoms with Crippen molar-refractivity contribution in [2.45, 2.75) is 31.8 Å². The molecule has 92 valence electrons. The zero-order chi connectivity index (χ0) is 12.3. The maximum atomic E-state index is 11.1. The third-order valence-electron chi connectivity index (χ3n) is 3.13. The van der Waals surface area contributed by atoms with Crippen molar-refractivity contribution < 1.29 is 4.79 Å². The maximum Gasteiger partial charge on any atom is 0.220 e. The lowest BCUT2D eigenvalue weighted by Crippen LogP contribution is -2.36. The Morgan fingerprint density at radius 2 is 2.18 bits per heavy atom. The molecule has 1 heterocycles. The minimum Gasteiger partial charge on any atom is -0.352 e. The Morgan fingerprint density at radius 1 is 1.47 bits per heavy atom. The van der Waals surface area contributed by atoms with Crippen molar-refractivity contribution in [3.8, 4) is 0 Å². The molecule has 2 N–H and O–H groups in total. The second kappa shape index (κ2) is 5.52. The predicted molar refractivity (Wildman–Crippen MR) is 69.0 cm³/mol. The molecule has 0 bridgehead atoms. The standard InChI is InChI=1S/C13H17ClN2O/c1-9(10-2-4-11(14)5-3-10)15-8-12-6-7-13(17)16-12/h2-5,9,12,15H,6-8H2,1H3,(H,16,17). The van der Waals surface area contributed by atoms with E-state index in [2.05, 4.69) is 17.6 Å². The molecule has 2 unspecified atom stereocenters. The monoisotopic (exact) mass is 252 g/mol. The third-order valence-corrected chi connectivity index (χ3v) is 3.38. The van der Waals surface area contributed by atoms with Gasteiger partial charge in [-0.1, -0.05) is 23.7 Å². The lowest BCUT2D eigenvalue weighted by Gasteiger charge is -2.17. The van der Waals surface area contributed by atoms with Gasteiger partial charge in [-0.3, -0.25) is 4.79 Å². The average molecular weight is 253 g/mol. The molecule has 2 rings (SSSR count). The Hall–Kier alpha value is -1.06. The smallest absolute Gasteiger partial charge is 0.220 e. The van der Waals surface area contributed by atoms with E-state index in [4.69, 9.17) is 11.6 Å². The summed E-state index contributed by atoms with van der Waals surface area (Å²) in [7, 11) is 0. The quantitative estimate of drug-likeness (QED) is 0.863. The topological polar surface area (TPSA) is 41.1 Å². The SMILES string of the molecule is CC(NCC1CCC(=O)N1)c1ccc(Cl)cc1. The van der Waals surface area contributed by atoms with Crippen LogP contribution in [0.1, 0.15) is 31.4 Å². The molecule has 1 aromatic carbocycles. The summed E-state index contributed by atoms with van der Waals surface area (Å²) in [6.07, 6.45) is 1.58. The summed E-state index contributed by atoms with van der Waals surface area (Å²) in [5.41, 5.74) is 1.21. The van der Waals surface area contributed by atoms with E-state index in [1.807, 2.05) is 24.3 Å². The van der Waals surface area contributed by atoms with Crippen molar-refractivity contribution in [3.63, 3.8) is 0 Å². The number of amides is 1. The van der Waals surface area contributed by atoms with Crippen LogP contribution in [0.3, 0.4) is 0 Å². The summed E-state index contributed by atoms with van der Waals surface area (Å²) < 4.78 is 0. The minimum absolute atomic E-state index is 0.163. The molecule has 1 aliphatic rings. The van der Waals surface area contributed by atoms with E-state index in [-0.39, 0.29) is 18.0 Å². The van der Waals surface area contributed by atoms with Crippen LogP contribution in [0.5, 0.6) is 0 Å². The second-order valence-electron chi connectivity index (χ2n) is 4.48. The first-order chi connectivity index (χ1) is 8.15. The van der Waals surface area contributed by atoms with Crippen LogP contribution in [0.2, 0.25) is 5.02 Å². The van der Waals surface area contributed by atoms with Gasteiger partial charge in [-0.15, -0.1) is 0 Å². The fraction of sp³-hybridized carbons (Fsp3) is 0.462. The fourth-order valence-corrected chi connectivity index (χ4v) is 2.14. The summed E-state index contributed by atoms with van der Waals surface area (Å²) in [4.78, 5) is 11.1. The fourth-order valence-electron chi connectivity index (χ4n) is 2.02. The summed E-state index contributed by atoms with van der Waals surface area (Å²) in [6.45, 7) is 2.93. The van der Waals surface area contributed by atoms with Gasteiger partial charge in [0.05, 0.1) is 0 Å². The first kappa shape index (κ1) is 12.4. The molecule has 2 atom stereocenters. The van der Waals surface area contributed by atoms with Gasteiger partial charge in [-0.05, 0) is 31.0 Å². The molecule has 3 nitrogen and oxygen atoms in total. The highest BCUT2D eigenvalue weighted by molar-refractivity contribution is 6.30. The molecule has 1 aromatic rings. The van der Waals surface area contributed by atoms with E-state index in [0.717, 1.165) is 18.0 Å². The number of halogens is 1. The van der Waals surface area contributed by atoms with Crippen molar-refractivity contribution in [2.24, 2.45) is 0 Å². The largest absolute Gasteiger partial charge is 0.352 e. The molecule has 1 aliphatic heterocycles. The molecule has 0 spiro atoms. The van der Waals surface area contributed by atoms with Gasteiger partial charge in [-0.2, -0.15) is 0 Å². The van der Waals surface area contributed by atoms with E-state index >= 15 is 0 Å². The highest BCUT2D eigenvalue weighted by Crippen LogP contribution is 2.16. The first-order valence-electron chi connectivity index (χ1n) is 5.93. The molecule has 0 saturated carbocycles. The van der Waals surface area contributed by atoms with Gasteiger partial charge in [0.1, 0.15) is 0 Å². The second-order valence-corrected chi connectivity index (χ2v) is 4.92. The lowest BCUT2D eigenvalue weighted by atomic mass is 10.1. The van der Waals surface area contributed by atoms with Crippen molar-refractivity contribution >= 4 is 17.5 Å². The molecule has 1 fully saturated rings. The number of rotatable bonds is 4. The van der Waals surface area contributed by atoms with Gasteiger partial charge in [-0.25, -0.2) is 0 Å². The van der Waals surface area contributed by atoms with Crippen LogP contribution >= 0.6 is 11.6 Å². The van der Waals surface area contributed by atoms with Crippen LogP contribution in [-0.4, -0.2) is 18.5 Å². The Kier molecular flexibility index (Phi) is 4.02. The number of hydrogen-bond donors (Lipinski definition) is 2. The Balaban J connectivity index is 1.82. The van der Waals surface area contributed by atoms with Crippen LogP contribution in [0.25, 0.3) is 0 Å². The van der Waals surface area contributed by atoms with Crippen LogP contribution in [0, 0.1) is 0 Å². The van der Waals surface area contributed by atoms with Crippen LogP contribution in [-0.2, 0) is 4.79 Å². The molecule has 0 aromatic heterocycles. The first-order valence-corrected chi connectivity index (χ1v) is 6.31. The molecule has 0 aliphatic carbocycles. The summed E-state index contributed by atoms with van der Waals surface area (Å²) in [5.74, 6) is 0.163. The highest BCUT2D eigenvalue weighted by atomic mass is 35.5. The van der Waals surface area contributed by atoms with Crippen molar-refractivity contribution in [1.82, 2.24) is 10.6 Å². The van der Waals surface area contributed by atoms with Gasteiger partial charge in [0.25, 0.3) is 0 Å². The predicted octanol–water partition coefficient (Wildman–Crippen LogP) is 2.27. The van der Waals surface area contributed by atoms with E-state index in [1.54, 1.807) is 0 Å². The van der Waals surface area contributed by atoms with Gasteiger partial charge in [0.15, 0.2) is 0 Å². The molecule has 1 amide bonds. The number of carbonyl (C=O) groups excluding carboxylic acids is 1. The van der Waals surface area contributed by atoms with E-state index in [9.17, 15) is 4.79 Å². The summed E-state index contributed by atoms with van der Waals surface area (Å²) >= 11 is 5.85. The summed E-state index contributed by atoms with van der Waals surface area (Å²) in [6, 6.07) is 8.38. The minimum atomic E-state index is 0.163. The molecular weight excluding hydrogens is 236 g/mol. The van der Waals surface area contributed by atoms with E-state index < -0.39 is 0 Å². The molecule has 0 radical (unpaired) electrons. The third kappa shape index (κ3) is 3.45. The molecule has 1 saturated heterocycles. The normalized spacial score (nSPS) is 21.3. The van der Waals surface area contributed by atoms with Gasteiger partial charge < -0.3 is 10.6 Å². The van der Waals surface area contributed by atoms with Crippen molar-refractivity contribution in [1.29, 1.82) is 0 Å². The van der Waals surface area contributed by atoms with Gasteiger partial charge in [0, 0.05) is 30.1 Å². The van der Waals surface area contributed by atoms with Crippen LogP contribution < -0.4 is 10.6 Å². The Bertz CT molecular complexity index is 391. The molecular formula is C13H17ClN2O. The summed E-state index contributed by atoms with van der Waals surface area (Å²) in [5, 5.41) is 7.12. The average Bonchev–Trinajstić information content (AvgIpc) is 2.73. The van der Waals surface area contributed by atoms with Crippen molar-refractivity contribution in [2.75, 3.05) is 6.54 Å². The van der Waals surface area contributed by atoms with Gasteiger partial charge >= 0.3 is 0 Å². The number of nitrogens with one attached hydrogen (secondary N) is 2. The number of benzene rings is 1.